The second kappa shape index (κ2) is 7.97. The maximum Gasteiger partial charge on any atom is 0.251 e. The minimum atomic E-state index is -0.108. The highest BCUT2D eigenvalue weighted by Crippen LogP contribution is 2.20. The van der Waals surface area contributed by atoms with Gasteiger partial charge in [-0.15, -0.1) is 0 Å². The minimum Gasteiger partial charge on any atom is -0.394 e. The van der Waals surface area contributed by atoms with Crippen LogP contribution in [0.5, 0.6) is 0 Å². The summed E-state index contributed by atoms with van der Waals surface area (Å²) in [6, 6.07) is 7.36. The van der Waals surface area contributed by atoms with Crippen LogP contribution in [0.1, 0.15) is 35.3 Å². The van der Waals surface area contributed by atoms with E-state index in [1.807, 2.05) is 50.6 Å². The average Bonchev–Trinajstić information content (AvgIpc) is 3.29. The van der Waals surface area contributed by atoms with E-state index in [9.17, 15) is 4.79 Å². The molecule has 0 aliphatic heterocycles. The molecule has 0 unspecified atom stereocenters. The first-order valence-corrected chi connectivity index (χ1v) is 8.64. The number of carbonyl (C=O) groups is 1. The third-order valence-electron chi connectivity index (χ3n) is 4.28. The Balaban J connectivity index is 1.69. The molecule has 2 N–H and O–H groups in total. The number of benzene rings is 1. The van der Waals surface area contributed by atoms with Crippen molar-refractivity contribution in [3.63, 3.8) is 0 Å². The van der Waals surface area contributed by atoms with Crippen molar-refractivity contribution < 1.29 is 9.90 Å². The number of aliphatic hydroxyl groups excluding tert-OH is 1. The number of aromatic nitrogens is 4. The van der Waals surface area contributed by atoms with Gasteiger partial charge in [-0.3, -0.25) is 14.2 Å². The Hall–Kier alpha value is -2.93. The normalized spacial score (nSPS) is 12.1. The van der Waals surface area contributed by atoms with Gasteiger partial charge in [0.25, 0.3) is 5.91 Å². The van der Waals surface area contributed by atoms with Crippen LogP contribution in [0.2, 0.25) is 0 Å². The molecule has 7 nitrogen and oxygen atoms in total. The third-order valence-corrected chi connectivity index (χ3v) is 4.28. The molecular weight excluding hydrogens is 330 g/mol. The van der Waals surface area contributed by atoms with Crippen molar-refractivity contribution in [3.05, 3.63) is 60.2 Å². The quantitative estimate of drug-likeness (QED) is 0.682. The largest absolute Gasteiger partial charge is 0.394 e. The molecule has 7 heteroatoms. The number of aliphatic hydroxyl groups is 1. The third kappa shape index (κ3) is 4.00. The fraction of sp³-hybridized carbons (Fsp3) is 0.316. The number of nitrogens with one attached hydrogen (secondary N) is 1. The van der Waals surface area contributed by atoms with Crippen molar-refractivity contribution in [2.24, 2.45) is 7.05 Å². The van der Waals surface area contributed by atoms with Crippen LogP contribution in [-0.2, 0) is 13.6 Å². The van der Waals surface area contributed by atoms with Crippen LogP contribution in [0.4, 0.5) is 0 Å². The highest BCUT2D eigenvalue weighted by Gasteiger charge is 2.15. The van der Waals surface area contributed by atoms with Crippen LogP contribution < -0.4 is 5.32 Å². The summed E-state index contributed by atoms with van der Waals surface area (Å²) < 4.78 is 3.42. The van der Waals surface area contributed by atoms with Gasteiger partial charge in [0.1, 0.15) is 0 Å². The highest BCUT2D eigenvalue weighted by molar-refractivity contribution is 5.94. The molecule has 26 heavy (non-hydrogen) atoms. The van der Waals surface area contributed by atoms with Gasteiger partial charge in [0.05, 0.1) is 31.6 Å². The number of rotatable bonds is 7. The predicted molar refractivity (Wildman–Crippen MR) is 98.5 cm³/mol. The summed E-state index contributed by atoms with van der Waals surface area (Å²) in [6.07, 6.45) is 8.11. The minimum absolute atomic E-state index is 0.0513. The number of amides is 1. The lowest BCUT2D eigenvalue weighted by atomic mass is 10.1. The molecule has 0 radical (unpaired) electrons. The summed E-state index contributed by atoms with van der Waals surface area (Å²) in [5.41, 5.74) is 3.53. The zero-order chi connectivity index (χ0) is 18.5. The topological polar surface area (TPSA) is 85.0 Å². The first-order valence-electron chi connectivity index (χ1n) is 8.64. The zero-order valence-electron chi connectivity index (χ0n) is 15.0. The predicted octanol–water partition coefficient (Wildman–Crippen LogP) is 2.16. The monoisotopic (exact) mass is 353 g/mol. The summed E-state index contributed by atoms with van der Waals surface area (Å²) in [6.45, 7) is 2.55. The maximum atomic E-state index is 12.5. The maximum absolute atomic E-state index is 12.5. The van der Waals surface area contributed by atoms with Crippen molar-refractivity contribution in [3.8, 4) is 11.1 Å². The Morgan fingerprint density at radius 3 is 2.54 bits per heavy atom. The van der Waals surface area contributed by atoms with Crippen molar-refractivity contribution in [1.29, 1.82) is 0 Å². The summed E-state index contributed by atoms with van der Waals surface area (Å²) in [5.74, 6) is -0.108. The molecule has 0 aliphatic carbocycles. The molecule has 0 spiro atoms. The van der Waals surface area contributed by atoms with Gasteiger partial charge >= 0.3 is 0 Å². The number of hydrogen-bond acceptors (Lipinski definition) is 4. The molecule has 0 saturated carbocycles. The van der Waals surface area contributed by atoms with Crippen LogP contribution >= 0.6 is 0 Å². The van der Waals surface area contributed by atoms with E-state index in [-0.39, 0.29) is 18.6 Å². The molecule has 2 heterocycles. The summed E-state index contributed by atoms with van der Waals surface area (Å²) in [7, 11) is 1.86. The van der Waals surface area contributed by atoms with E-state index in [1.165, 1.54) is 0 Å². The van der Waals surface area contributed by atoms with Crippen molar-refractivity contribution in [2.75, 3.05) is 6.61 Å². The van der Waals surface area contributed by atoms with Gasteiger partial charge in [0.15, 0.2) is 0 Å². The van der Waals surface area contributed by atoms with Crippen LogP contribution in [0.3, 0.4) is 0 Å². The number of nitrogens with zero attached hydrogens (tertiary/aromatic N) is 4. The van der Waals surface area contributed by atoms with Gasteiger partial charge in [-0.2, -0.15) is 10.2 Å². The lowest BCUT2D eigenvalue weighted by Gasteiger charge is -2.15. The molecule has 0 fully saturated rings. The smallest absolute Gasteiger partial charge is 0.251 e. The van der Waals surface area contributed by atoms with Crippen LogP contribution in [-0.4, -0.2) is 37.2 Å². The van der Waals surface area contributed by atoms with Gasteiger partial charge in [0.2, 0.25) is 0 Å². The Morgan fingerprint density at radius 2 is 1.92 bits per heavy atom. The Bertz CT molecular complexity index is 866. The molecule has 0 bridgehead atoms. The summed E-state index contributed by atoms with van der Waals surface area (Å²) in [4.78, 5) is 12.5. The van der Waals surface area contributed by atoms with Crippen molar-refractivity contribution in [2.45, 2.75) is 25.9 Å². The molecule has 1 aromatic carbocycles. The van der Waals surface area contributed by atoms with Gasteiger partial charge in [-0.05, 0) is 24.1 Å². The number of aryl methyl sites for hydroxylation is 1. The Morgan fingerprint density at radius 1 is 1.15 bits per heavy atom. The zero-order valence-corrected chi connectivity index (χ0v) is 15.0. The van der Waals surface area contributed by atoms with E-state index >= 15 is 0 Å². The van der Waals surface area contributed by atoms with Gasteiger partial charge < -0.3 is 10.4 Å². The van der Waals surface area contributed by atoms with Gasteiger partial charge in [0, 0.05) is 36.1 Å². The second-order valence-electron chi connectivity index (χ2n) is 6.17. The molecule has 2 aromatic heterocycles. The standard InChI is InChI=1S/C19H23N5O2/c1-3-18(17-11-20-23(2)12-17)22-19(26)15-6-4-14(5-7-15)16-10-21-24(13-16)8-9-25/h4-7,10-13,18,25H,3,8-9H2,1-2H3,(H,22,26)/t18-/m1/s1. The number of hydrogen-bond donors (Lipinski definition) is 2. The Labute approximate surface area is 152 Å². The van der Waals surface area contributed by atoms with Gasteiger partial charge in [-0.25, -0.2) is 0 Å². The Kier molecular flexibility index (Phi) is 5.48. The SMILES string of the molecule is CC[C@@H](NC(=O)c1ccc(-c2cnn(CCO)c2)cc1)c1cnn(C)c1. The second-order valence-corrected chi connectivity index (χ2v) is 6.17. The van der Waals surface area contributed by atoms with E-state index in [0.717, 1.165) is 23.1 Å². The lowest BCUT2D eigenvalue weighted by Crippen LogP contribution is -2.27. The fourth-order valence-corrected chi connectivity index (χ4v) is 2.83. The molecule has 1 atom stereocenters. The molecule has 136 valence electrons. The van der Waals surface area contributed by atoms with Crippen molar-refractivity contribution >= 4 is 5.91 Å². The first-order chi connectivity index (χ1) is 12.6. The molecular formula is C19H23N5O2. The molecule has 0 aliphatic rings. The molecule has 3 aromatic rings. The van der Waals surface area contributed by atoms with Crippen LogP contribution in [0.15, 0.2) is 49.1 Å². The first kappa shape index (κ1) is 17.9. The van der Waals surface area contributed by atoms with E-state index in [2.05, 4.69) is 15.5 Å². The van der Waals surface area contributed by atoms with Crippen LogP contribution in [0, 0.1) is 0 Å². The van der Waals surface area contributed by atoms with E-state index in [4.69, 9.17) is 5.11 Å². The molecule has 1 amide bonds. The van der Waals surface area contributed by atoms with Crippen molar-refractivity contribution in [1.82, 2.24) is 24.9 Å². The summed E-state index contributed by atoms with van der Waals surface area (Å²) in [5, 5.41) is 20.4. The highest BCUT2D eigenvalue weighted by atomic mass is 16.3. The van der Waals surface area contributed by atoms with Crippen LogP contribution in [0.25, 0.3) is 11.1 Å². The van der Waals surface area contributed by atoms with E-state index < -0.39 is 0 Å². The average molecular weight is 353 g/mol. The fourth-order valence-electron chi connectivity index (χ4n) is 2.83. The summed E-state index contributed by atoms with van der Waals surface area (Å²) >= 11 is 0. The lowest BCUT2D eigenvalue weighted by molar-refractivity contribution is 0.0935. The van der Waals surface area contributed by atoms with E-state index in [1.54, 1.807) is 21.8 Å². The van der Waals surface area contributed by atoms with E-state index in [0.29, 0.717) is 12.1 Å². The molecule has 3 rings (SSSR count). The van der Waals surface area contributed by atoms with Gasteiger partial charge in [-0.1, -0.05) is 19.1 Å². The molecule has 0 saturated heterocycles. The number of carbonyl (C=O) groups excluding carboxylic acids is 1.